The first-order valence-electron chi connectivity index (χ1n) is 7.81. The van der Waals surface area contributed by atoms with E-state index >= 15 is 0 Å². The summed E-state index contributed by atoms with van der Waals surface area (Å²) >= 11 is 4.62. The number of rotatable bonds is 0. The molecule has 2 aliphatic rings. The summed E-state index contributed by atoms with van der Waals surface area (Å²) in [6, 6.07) is 18.9. The van der Waals surface area contributed by atoms with E-state index in [4.69, 9.17) is 0 Å². The average Bonchev–Trinajstić information content (AvgIpc) is 3.27. The molecule has 2 aliphatic carbocycles. The van der Waals surface area contributed by atoms with Gasteiger partial charge in [0, 0.05) is 4.47 Å². The second-order valence-electron chi connectivity index (χ2n) is 5.64. The number of pyridine rings is 1. The van der Waals surface area contributed by atoms with Crippen LogP contribution < -0.4 is 24.8 Å². The van der Waals surface area contributed by atoms with Crippen molar-refractivity contribution in [1.29, 1.82) is 0 Å². The SMILES string of the molecule is Brc1ccc2c(c1)Cc1[c-]cncc1-2.[Cl-].[Cl-].[S]=[Zr+2].[c-]1cccc2c1C=CC2. The molecule has 0 saturated carbocycles. The first kappa shape index (κ1) is 24.5. The summed E-state index contributed by atoms with van der Waals surface area (Å²) in [4.78, 5) is 4.11. The topological polar surface area (TPSA) is 12.9 Å². The smallest absolute Gasteiger partial charge is 0.0528 e. The van der Waals surface area contributed by atoms with Gasteiger partial charge in [-0.25, -0.2) is 11.6 Å². The summed E-state index contributed by atoms with van der Waals surface area (Å²) in [5.41, 5.74) is 7.81. The quantitative estimate of drug-likeness (QED) is 0.283. The fraction of sp³-hybridized carbons (Fsp3) is 0.0952. The molecule has 0 radical (unpaired) electrons. The first-order chi connectivity index (χ1) is 12.3. The van der Waals surface area contributed by atoms with Gasteiger partial charge in [0.1, 0.15) is 0 Å². The Bertz CT molecular complexity index is 934. The van der Waals surface area contributed by atoms with Crippen LogP contribution in [0.4, 0.5) is 0 Å². The number of hydrogen-bond acceptors (Lipinski definition) is 2. The van der Waals surface area contributed by atoms with E-state index in [1.807, 2.05) is 18.3 Å². The van der Waals surface area contributed by atoms with Gasteiger partial charge in [0.25, 0.3) is 0 Å². The zero-order valence-electron chi connectivity index (χ0n) is 14.2. The Labute approximate surface area is 199 Å². The number of nitrogens with zero attached hydrogens (tertiary/aromatic N) is 1. The molecule has 3 aromatic rings. The first-order valence-corrected chi connectivity index (χ1v) is 12.0. The summed E-state index contributed by atoms with van der Waals surface area (Å²) < 4.78 is 1.14. The van der Waals surface area contributed by atoms with Gasteiger partial charge in [-0.2, -0.15) is 0 Å². The minimum absolute atomic E-state index is 0. The standard InChI is InChI=1S/C12H7BrN.C9H7.2ClH.S.Zr/c13-10-1-2-11-9(6-10)5-8-3-4-14-7-12(8)11;1-2-5-9-7-3-6-8(9)4-1;;;;/h1-2,4,6-7H,5H2;1-4,7H,6H2;2*1H;;/q2*-1;;;;+2/p-2. The van der Waals surface area contributed by atoms with Gasteiger partial charge in [-0.1, -0.05) is 45.7 Å². The van der Waals surface area contributed by atoms with Crippen molar-refractivity contribution in [2.24, 2.45) is 0 Å². The van der Waals surface area contributed by atoms with E-state index in [-0.39, 0.29) is 24.8 Å². The number of fused-ring (bicyclic) bond motifs is 4. The third kappa shape index (κ3) is 5.98. The Hall–Kier alpha value is -0.507. The van der Waals surface area contributed by atoms with Gasteiger partial charge >= 0.3 is 31.5 Å². The molecule has 0 aliphatic heterocycles. The van der Waals surface area contributed by atoms with Crippen molar-refractivity contribution < 1.29 is 47.5 Å². The van der Waals surface area contributed by atoms with E-state index in [1.165, 1.54) is 33.4 Å². The molecule has 0 saturated heterocycles. The van der Waals surface area contributed by atoms with Crippen LogP contribution in [0.2, 0.25) is 0 Å². The maximum atomic E-state index is 4.17. The molecular weight excluding hydrogens is 540 g/mol. The van der Waals surface area contributed by atoms with Crippen LogP contribution in [-0.4, -0.2) is 4.98 Å². The van der Waals surface area contributed by atoms with E-state index in [0.717, 1.165) is 40.0 Å². The van der Waals surface area contributed by atoms with Gasteiger partial charge in [0.05, 0.1) is 0 Å². The largest absolute Gasteiger partial charge is 0.147 e. The van der Waals surface area contributed by atoms with Crippen LogP contribution in [0.25, 0.3) is 17.2 Å². The molecule has 0 bridgehead atoms. The molecule has 1 aromatic heterocycles. The third-order valence-corrected chi connectivity index (χ3v) is 4.66. The zero-order chi connectivity index (χ0) is 17.6. The third-order valence-electron chi connectivity index (χ3n) is 4.17. The zero-order valence-corrected chi connectivity index (χ0v) is 20.5. The molecule has 0 unspecified atom stereocenters. The molecule has 136 valence electrons. The molecule has 0 fully saturated rings. The number of benzene rings is 2. The fourth-order valence-electron chi connectivity index (χ4n) is 3.04. The Morgan fingerprint density at radius 3 is 2.63 bits per heavy atom. The summed E-state index contributed by atoms with van der Waals surface area (Å²) in [7, 11) is 4.17. The summed E-state index contributed by atoms with van der Waals surface area (Å²) in [6.45, 7) is 0. The van der Waals surface area contributed by atoms with Crippen molar-refractivity contribution in [2.75, 3.05) is 0 Å². The van der Waals surface area contributed by atoms with Crippen molar-refractivity contribution in [3.05, 3.63) is 93.7 Å². The van der Waals surface area contributed by atoms with Gasteiger partial charge < -0.3 is 29.8 Å². The van der Waals surface area contributed by atoms with Crippen molar-refractivity contribution in [3.8, 4) is 11.1 Å². The van der Waals surface area contributed by atoms with Gasteiger partial charge in [0.15, 0.2) is 0 Å². The van der Waals surface area contributed by atoms with Crippen LogP contribution in [0.5, 0.6) is 0 Å². The Balaban J connectivity index is 0.000000247. The molecular formula is C21H14BrCl2NSZr-2. The fourth-order valence-corrected chi connectivity index (χ4v) is 3.45. The van der Waals surface area contributed by atoms with Gasteiger partial charge in [-0.3, -0.25) is 0 Å². The number of halogens is 3. The average molecular weight is 554 g/mol. The van der Waals surface area contributed by atoms with Crippen LogP contribution in [-0.2, 0) is 35.5 Å². The number of aromatic nitrogens is 1. The Kier molecular flexibility index (Phi) is 11.0. The van der Waals surface area contributed by atoms with E-state index < -0.39 is 0 Å². The van der Waals surface area contributed by atoms with Gasteiger partial charge in [0.2, 0.25) is 0 Å². The summed E-state index contributed by atoms with van der Waals surface area (Å²) in [5, 5.41) is 0. The monoisotopic (exact) mass is 551 g/mol. The van der Waals surface area contributed by atoms with Crippen LogP contribution in [0, 0.1) is 12.1 Å². The molecule has 0 atom stereocenters. The van der Waals surface area contributed by atoms with Crippen LogP contribution >= 0.6 is 24.8 Å². The molecule has 6 heteroatoms. The minimum Gasteiger partial charge on any atom is -0.147 e. The Morgan fingerprint density at radius 1 is 1.04 bits per heavy atom. The maximum absolute atomic E-state index is 4.17. The van der Waals surface area contributed by atoms with Crippen molar-refractivity contribution in [3.63, 3.8) is 0 Å². The molecule has 1 nitrogen and oxygen atoms in total. The Morgan fingerprint density at radius 2 is 1.85 bits per heavy atom. The predicted octanol–water partition coefficient (Wildman–Crippen LogP) is -0.0747. The summed E-state index contributed by atoms with van der Waals surface area (Å²) in [5.74, 6) is 0. The number of allylic oxidation sites excluding steroid dienone is 1. The van der Waals surface area contributed by atoms with E-state index in [9.17, 15) is 0 Å². The molecule has 1 heterocycles. The molecule has 27 heavy (non-hydrogen) atoms. The minimum atomic E-state index is 0. The molecule has 0 spiro atoms. The van der Waals surface area contributed by atoms with E-state index in [1.54, 1.807) is 6.20 Å². The van der Waals surface area contributed by atoms with Gasteiger partial charge in [-0.05, 0) is 24.8 Å². The van der Waals surface area contributed by atoms with Crippen LogP contribution in [0.3, 0.4) is 0 Å². The molecule has 0 N–H and O–H groups in total. The molecule has 2 aromatic carbocycles. The van der Waals surface area contributed by atoms with Crippen LogP contribution in [0.1, 0.15) is 22.3 Å². The van der Waals surface area contributed by atoms with Crippen molar-refractivity contribution >= 4 is 30.9 Å². The van der Waals surface area contributed by atoms with Crippen LogP contribution in [0.15, 0.2) is 59.3 Å². The summed E-state index contributed by atoms with van der Waals surface area (Å²) in [6.07, 6.45) is 10.0. The normalized spacial score (nSPS) is 11.2. The predicted molar refractivity (Wildman–Crippen MR) is 105 cm³/mol. The van der Waals surface area contributed by atoms with E-state index in [0.29, 0.717) is 0 Å². The number of hydrogen-bond donors (Lipinski definition) is 0. The van der Waals surface area contributed by atoms with Gasteiger partial charge in [-0.15, -0.1) is 53.1 Å². The van der Waals surface area contributed by atoms with Crippen molar-refractivity contribution in [1.82, 2.24) is 4.98 Å². The van der Waals surface area contributed by atoms with Crippen molar-refractivity contribution in [2.45, 2.75) is 12.8 Å². The second kappa shape index (κ2) is 12.1. The molecule has 0 amide bonds. The maximum Gasteiger partial charge on any atom is -0.0528 e. The van der Waals surface area contributed by atoms with E-state index in [2.05, 4.69) is 78.3 Å². The second-order valence-corrected chi connectivity index (χ2v) is 6.55. The molecule has 5 rings (SSSR count).